The Hall–Kier alpha value is -1.51. The van der Waals surface area contributed by atoms with Crippen LogP contribution in [0, 0.1) is 12.3 Å². The van der Waals surface area contributed by atoms with E-state index in [1.807, 2.05) is 25.1 Å². The number of carbonyl (C=O) groups excluding carboxylic acids is 1. The van der Waals surface area contributed by atoms with Gasteiger partial charge < -0.3 is 10.6 Å². The molecule has 0 aromatic heterocycles. The molecule has 1 saturated carbocycles. The summed E-state index contributed by atoms with van der Waals surface area (Å²) in [6, 6.07) is 5.95. The largest absolute Gasteiger partial charge is 0.384 e. The van der Waals surface area contributed by atoms with E-state index in [4.69, 9.17) is 0 Å². The number of nitrogens with one attached hydrogen (secondary N) is 2. The second kappa shape index (κ2) is 5.64. The average Bonchev–Trinajstić information content (AvgIpc) is 3.12. The molecule has 1 amide bonds. The molecule has 19 heavy (non-hydrogen) atoms. The molecule has 104 valence electrons. The second-order valence-electron chi connectivity index (χ2n) is 5.97. The molecule has 0 radical (unpaired) electrons. The molecular formula is C16H24N2O. The number of rotatable bonds is 6. The van der Waals surface area contributed by atoms with Crippen molar-refractivity contribution in [3.8, 4) is 0 Å². The highest BCUT2D eigenvalue weighted by Gasteiger charge is 2.37. The molecule has 0 unspecified atom stereocenters. The minimum atomic E-state index is 0.0340. The van der Waals surface area contributed by atoms with Gasteiger partial charge in [-0.1, -0.05) is 19.9 Å². The fourth-order valence-electron chi connectivity index (χ4n) is 2.04. The first-order chi connectivity index (χ1) is 9.04. The molecule has 0 bridgehead atoms. The summed E-state index contributed by atoms with van der Waals surface area (Å²) in [5, 5.41) is 6.40. The van der Waals surface area contributed by atoms with Crippen molar-refractivity contribution in [1.29, 1.82) is 0 Å². The SMILES string of the molecule is CCCNc1cc(C)ccc1C(=O)NCC1(C)CC1. The molecule has 1 fully saturated rings. The first-order valence-electron chi connectivity index (χ1n) is 7.17. The number of hydrogen-bond donors (Lipinski definition) is 2. The zero-order valence-corrected chi connectivity index (χ0v) is 12.2. The van der Waals surface area contributed by atoms with Crippen molar-refractivity contribution >= 4 is 11.6 Å². The van der Waals surface area contributed by atoms with Gasteiger partial charge in [-0.2, -0.15) is 0 Å². The van der Waals surface area contributed by atoms with Gasteiger partial charge in [0.15, 0.2) is 0 Å². The Morgan fingerprint density at radius 3 is 2.74 bits per heavy atom. The number of benzene rings is 1. The standard InChI is InChI=1S/C16H24N2O/c1-4-9-17-14-10-12(2)5-6-13(14)15(19)18-11-16(3)7-8-16/h5-6,10,17H,4,7-9,11H2,1-3H3,(H,18,19). The summed E-state index contributed by atoms with van der Waals surface area (Å²) < 4.78 is 0. The number of anilines is 1. The number of amides is 1. The van der Waals surface area contributed by atoms with E-state index < -0.39 is 0 Å². The Morgan fingerprint density at radius 1 is 1.37 bits per heavy atom. The molecule has 1 aliphatic carbocycles. The molecule has 0 atom stereocenters. The Morgan fingerprint density at radius 2 is 2.11 bits per heavy atom. The molecule has 2 N–H and O–H groups in total. The zero-order chi connectivity index (χ0) is 13.9. The number of aryl methyl sites for hydroxylation is 1. The van der Waals surface area contributed by atoms with Gasteiger partial charge in [0.1, 0.15) is 0 Å². The fourth-order valence-corrected chi connectivity index (χ4v) is 2.04. The van der Waals surface area contributed by atoms with Crippen LogP contribution < -0.4 is 10.6 Å². The monoisotopic (exact) mass is 260 g/mol. The third kappa shape index (κ3) is 3.72. The molecule has 0 saturated heterocycles. The van der Waals surface area contributed by atoms with Crippen LogP contribution in [0.2, 0.25) is 0 Å². The van der Waals surface area contributed by atoms with Gasteiger partial charge >= 0.3 is 0 Å². The fraction of sp³-hybridized carbons (Fsp3) is 0.562. The van der Waals surface area contributed by atoms with Crippen molar-refractivity contribution < 1.29 is 4.79 Å². The van der Waals surface area contributed by atoms with Crippen LogP contribution in [0.4, 0.5) is 5.69 Å². The lowest BCUT2D eigenvalue weighted by Crippen LogP contribution is -2.29. The van der Waals surface area contributed by atoms with Gasteiger partial charge in [0.25, 0.3) is 5.91 Å². The van der Waals surface area contributed by atoms with Crippen LogP contribution in [0.25, 0.3) is 0 Å². The maximum Gasteiger partial charge on any atom is 0.253 e. The topological polar surface area (TPSA) is 41.1 Å². The van der Waals surface area contributed by atoms with Crippen LogP contribution in [0.15, 0.2) is 18.2 Å². The molecule has 1 aliphatic rings. The van der Waals surface area contributed by atoms with E-state index in [1.165, 1.54) is 18.4 Å². The maximum absolute atomic E-state index is 12.3. The van der Waals surface area contributed by atoms with Gasteiger partial charge in [-0.25, -0.2) is 0 Å². The quantitative estimate of drug-likeness (QED) is 0.823. The minimum Gasteiger partial charge on any atom is -0.384 e. The molecule has 0 heterocycles. The smallest absolute Gasteiger partial charge is 0.253 e. The molecule has 0 aliphatic heterocycles. The van der Waals surface area contributed by atoms with Crippen LogP contribution >= 0.6 is 0 Å². The summed E-state index contributed by atoms with van der Waals surface area (Å²) >= 11 is 0. The first-order valence-corrected chi connectivity index (χ1v) is 7.17. The third-order valence-corrected chi connectivity index (χ3v) is 3.76. The van der Waals surface area contributed by atoms with Crippen LogP contribution in [-0.2, 0) is 0 Å². The predicted octanol–water partition coefficient (Wildman–Crippen LogP) is 3.35. The second-order valence-corrected chi connectivity index (χ2v) is 5.97. The van der Waals surface area contributed by atoms with E-state index in [2.05, 4.69) is 24.5 Å². The van der Waals surface area contributed by atoms with E-state index in [9.17, 15) is 4.79 Å². The van der Waals surface area contributed by atoms with Gasteiger partial charge in [-0.15, -0.1) is 0 Å². The summed E-state index contributed by atoms with van der Waals surface area (Å²) in [5.41, 5.74) is 3.21. The van der Waals surface area contributed by atoms with E-state index in [0.717, 1.165) is 30.8 Å². The van der Waals surface area contributed by atoms with Gasteiger partial charge in [-0.3, -0.25) is 4.79 Å². The Balaban J connectivity index is 2.06. The highest BCUT2D eigenvalue weighted by molar-refractivity contribution is 5.99. The molecule has 0 spiro atoms. The maximum atomic E-state index is 12.3. The predicted molar refractivity (Wildman–Crippen MR) is 79.6 cm³/mol. The summed E-state index contributed by atoms with van der Waals surface area (Å²) in [4.78, 5) is 12.3. The van der Waals surface area contributed by atoms with Gasteiger partial charge in [0.2, 0.25) is 0 Å². The van der Waals surface area contributed by atoms with Crippen molar-refractivity contribution in [2.45, 2.75) is 40.0 Å². The Kier molecular flexibility index (Phi) is 4.13. The van der Waals surface area contributed by atoms with Crippen molar-refractivity contribution in [3.05, 3.63) is 29.3 Å². The lowest BCUT2D eigenvalue weighted by Gasteiger charge is -2.14. The molecule has 1 aromatic rings. The van der Waals surface area contributed by atoms with Crippen LogP contribution in [0.5, 0.6) is 0 Å². The highest BCUT2D eigenvalue weighted by Crippen LogP contribution is 2.44. The Labute approximate surface area is 115 Å². The Bertz CT molecular complexity index is 464. The molecule has 3 heteroatoms. The average molecular weight is 260 g/mol. The minimum absolute atomic E-state index is 0.0340. The molecule has 2 rings (SSSR count). The van der Waals surface area contributed by atoms with Crippen molar-refractivity contribution in [2.24, 2.45) is 5.41 Å². The van der Waals surface area contributed by atoms with Crippen molar-refractivity contribution in [3.63, 3.8) is 0 Å². The third-order valence-electron chi connectivity index (χ3n) is 3.76. The molecule has 1 aromatic carbocycles. The van der Waals surface area contributed by atoms with Crippen molar-refractivity contribution in [1.82, 2.24) is 5.32 Å². The normalized spacial score (nSPS) is 15.9. The van der Waals surface area contributed by atoms with Gasteiger partial charge in [0.05, 0.1) is 5.56 Å². The highest BCUT2D eigenvalue weighted by atomic mass is 16.1. The van der Waals surface area contributed by atoms with E-state index in [0.29, 0.717) is 5.41 Å². The van der Waals surface area contributed by atoms with E-state index in [1.54, 1.807) is 0 Å². The zero-order valence-electron chi connectivity index (χ0n) is 12.2. The summed E-state index contributed by atoms with van der Waals surface area (Å²) in [7, 11) is 0. The lowest BCUT2D eigenvalue weighted by molar-refractivity contribution is 0.0947. The molecule has 3 nitrogen and oxygen atoms in total. The van der Waals surface area contributed by atoms with Crippen LogP contribution in [-0.4, -0.2) is 19.0 Å². The van der Waals surface area contributed by atoms with E-state index in [-0.39, 0.29) is 5.91 Å². The van der Waals surface area contributed by atoms with Gasteiger partial charge in [-0.05, 0) is 49.3 Å². The first kappa shape index (κ1) is 13.9. The summed E-state index contributed by atoms with van der Waals surface area (Å²) in [5.74, 6) is 0.0340. The van der Waals surface area contributed by atoms with Crippen LogP contribution in [0.1, 0.15) is 49.0 Å². The summed E-state index contributed by atoms with van der Waals surface area (Å²) in [6.07, 6.45) is 3.50. The summed E-state index contributed by atoms with van der Waals surface area (Å²) in [6.45, 7) is 8.06. The van der Waals surface area contributed by atoms with Gasteiger partial charge in [0, 0.05) is 18.8 Å². The molecular weight excluding hydrogens is 236 g/mol. The lowest BCUT2D eigenvalue weighted by atomic mass is 10.1. The van der Waals surface area contributed by atoms with Crippen LogP contribution in [0.3, 0.4) is 0 Å². The number of carbonyl (C=O) groups is 1. The van der Waals surface area contributed by atoms with E-state index >= 15 is 0 Å². The number of hydrogen-bond acceptors (Lipinski definition) is 2. The van der Waals surface area contributed by atoms with Crippen molar-refractivity contribution in [2.75, 3.05) is 18.4 Å².